The number of carbonyl (C=O) groups is 1. The molecule has 1 fully saturated rings. The summed E-state index contributed by atoms with van der Waals surface area (Å²) in [7, 11) is 0. The number of imidazole rings is 1. The van der Waals surface area contributed by atoms with Crippen molar-refractivity contribution in [3.8, 4) is 0 Å². The Bertz CT molecular complexity index is 960. The van der Waals surface area contributed by atoms with Gasteiger partial charge in [-0.25, -0.2) is 13.8 Å². The van der Waals surface area contributed by atoms with Gasteiger partial charge in [0.25, 0.3) is 5.91 Å². The van der Waals surface area contributed by atoms with E-state index in [0.29, 0.717) is 16.6 Å². The maximum Gasteiger partial charge on any atom is 0.256 e. The summed E-state index contributed by atoms with van der Waals surface area (Å²) in [4.78, 5) is 21.1. The number of hydrogen-bond donors (Lipinski definition) is 2. The normalized spacial score (nSPS) is 22.9. The topological polar surface area (TPSA) is 69.2 Å². The van der Waals surface area contributed by atoms with Crippen LogP contribution in [0, 0.1) is 5.82 Å². The number of rotatable bonds is 3. The molecule has 0 spiro atoms. The number of aliphatic hydroxyl groups excluding tert-OH is 1. The Kier molecular flexibility index (Phi) is 3.96. The smallest absolute Gasteiger partial charge is 0.256 e. The molecule has 2 N–H and O–H groups in total. The third kappa shape index (κ3) is 2.64. The van der Waals surface area contributed by atoms with Crippen LogP contribution in [0.15, 0.2) is 48.8 Å². The lowest BCUT2D eigenvalue weighted by molar-refractivity contribution is 0.0576. The van der Waals surface area contributed by atoms with E-state index in [0.717, 1.165) is 6.07 Å². The van der Waals surface area contributed by atoms with Crippen LogP contribution in [0.2, 0.25) is 0 Å². The molecule has 134 valence electrons. The fraction of sp³-hybridized carbons (Fsp3) is 0.263. The highest BCUT2D eigenvalue weighted by Crippen LogP contribution is 2.39. The van der Waals surface area contributed by atoms with E-state index in [4.69, 9.17) is 0 Å². The number of amides is 1. The molecule has 7 heteroatoms. The van der Waals surface area contributed by atoms with Crippen molar-refractivity contribution in [3.63, 3.8) is 0 Å². The molecule has 2 atom stereocenters. The predicted octanol–water partition coefficient (Wildman–Crippen LogP) is 2.64. The number of carbonyl (C=O) groups excluding carboxylic acids is 1. The lowest BCUT2D eigenvalue weighted by Gasteiger charge is -2.23. The van der Waals surface area contributed by atoms with Gasteiger partial charge in [-0.1, -0.05) is 30.3 Å². The van der Waals surface area contributed by atoms with Crippen LogP contribution in [0.1, 0.15) is 21.8 Å². The number of fused-ring (bicyclic) bond motifs is 1. The molecule has 1 aliphatic heterocycles. The minimum absolute atomic E-state index is 0.0789. The van der Waals surface area contributed by atoms with Crippen LogP contribution in [0.5, 0.6) is 0 Å². The van der Waals surface area contributed by atoms with Crippen LogP contribution in [0.4, 0.5) is 8.78 Å². The van der Waals surface area contributed by atoms with Crippen LogP contribution in [-0.2, 0) is 0 Å². The van der Waals surface area contributed by atoms with E-state index < -0.39 is 29.9 Å². The maximum atomic E-state index is 15.3. The first-order chi connectivity index (χ1) is 12.5. The second-order valence-electron chi connectivity index (χ2n) is 6.59. The Labute approximate surface area is 148 Å². The van der Waals surface area contributed by atoms with Crippen LogP contribution in [0.25, 0.3) is 11.0 Å². The van der Waals surface area contributed by atoms with Gasteiger partial charge in [-0.2, -0.15) is 0 Å². The third-order valence-corrected chi connectivity index (χ3v) is 4.95. The molecular weight excluding hydrogens is 340 g/mol. The number of hydrogen-bond acceptors (Lipinski definition) is 3. The summed E-state index contributed by atoms with van der Waals surface area (Å²) in [6.45, 7) is -0.857. The Morgan fingerprint density at radius 1 is 1.35 bits per heavy atom. The lowest BCUT2D eigenvalue weighted by atomic mass is 9.87. The molecular formula is C19H17F2N3O2. The quantitative estimate of drug-likeness (QED) is 0.757. The van der Waals surface area contributed by atoms with Crippen molar-refractivity contribution in [2.75, 3.05) is 19.7 Å². The van der Waals surface area contributed by atoms with Crippen molar-refractivity contribution in [1.29, 1.82) is 0 Å². The number of likely N-dealkylation sites (tertiary alicyclic amines) is 1. The molecule has 2 heterocycles. The minimum Gasteiger partial charge on any atom is -0.393 e. The number of aromatic nitrogens is 2. The molecule has 0 radical (unpaired) electrons. The SMILES string of the molecule is O=C(c1cc(F)cc2[nH]cnc12)N1CC(c2ccccc2)C(F)(CO)C1. The van der Waals surface area contributed by atoms with Crippen molar-refractivity contribution < 1.29 is 18.7 Å². The second-order valence-corrected chi connectivity index (χ2v) is 6.59. The molecule has 5 nitrogen and oxygen atoms in total. The fourth-order valence-corrected chi connectivity index (χ4v) is 3.63. The zero-order chi connectivity index (χ0) is 18.3. The van der Waals surface area contributed by atoms with Crippen LogP contribution >= 0.6 is 0 Å². The molecule has 3 aromatic rings. The van der Waals surface area contributed by atoms with E-state index in [9.17, 15) is 14.3 Å². The van der Waals surface area contributed by atoms with Gasteiger partial charge in [0, 0.05) is 12.5 Å². The molecule has 2 aromatic carbocycles. The van der Waals surface area contributed by atoms with E-state index in [1.54, 1.807) is 24.3 Å². The molecule has 1 aromatic heterocycles. The minimum atomic E-state index is -1.95. The summed E-state index contributed by atoms with van der Waals surface area (Å²) in [5.41, 5.74) is -0.415. The van der Waals surface area contributed by atoms with Gasteiger partial charge in [-0.05, 0) is 17.7 Å². The Balaban J connectivity index is 1.70. The number of nitrogens with zero attached hydrogens (tertiary/aromatic N) is 2. The van der Waals surface area contributed by atoms with Crippen LogP contribution in [0.3, 0.4) is 0 Å². The standard InChI is InChI=1S/C19H17F2N3O2/c20-13-6-14(17-16(7-13)22-11-23-17)18(26)24-8-15(19(21,9-24)10-25)12-4-2-1-3-5-12/h1-7,11,15,25H,8-10H2,(H,22,23). The van der Waals surface area contributed by atoms with E-state index in [-0.39, 0.29) is 18.7 Å². The molecule has 0 bridgehead atoms. The summed E-state index contributed by atoms with van der Waals surface area (Å²) < 4.78 is 29.2. The molecule has 0 aliphatic carbocycles. The average molecular weight is 357 g/mol. The van der Waals surface area contributed by atoms with Gasteiger partial charge in [-0.3, -0.25) is 4.79 Å². The van der Waals surface area contributed by atoms with Crippen molar-refractivity contribution in [2.45, 2.75) is 11.6 Å². The summed E-state index contributed by atoms with van der Waals surface area (Å²) in [5.74, 6) is -1.73. The first-order valence-corrected chi connectivity index (χ1v) is 8.28. The summed E-state index contributed by atoms with van der Waals surface area (Å²) >= 11 is 0. The van der Waals surface area contributed by atoms with Gasteiger partial charge in [0.2, 0.25) is 0 Å². The predicted molar refractivity (Wildman–Crippen MR) is 92.1 cm³/mol. The van der Waals surface area contributed by atoms with Gasteiger partial charge >= 0.3 is 0 Å². The molecule has 4 rings (SSSR count). The molecule has 1 aliphatic rings. The zero-order valence-corrected chi connectivity index (χ0v) is 13.8. The Morgan fingerprint density at radius 2 is 2.12 bits per heavy atom. The second kappa shape index (κ2) is 6.17. The Hall–Kier alpha value is -2.80. The van der Waals surface area contributed by atoms with Crippen LogP contribution in [-0.4, -0.2) is 51.2 Å². The van der Waals surface area contributed by atoms with Crippen molar-refractivity contribution in [1.82, 2.24) is 14.9 Å². The van der Waals surface area contributed by atoms with E-state index in [1.807, 2.05) is 6.07 Å². The van der Waals surface area contributed by atoms with Gasteiger partial charge in [0.1, 0.15) is 11.3 Å². The van der Waals surface area contributed by atoms with Crippen LogP contribution < -0.4 is 0 Å². The Morgan fingerprint density at radius 3 is 2.85 bits per heavy atom. The molecule has 2 unspecified atom stereocenters. The zero-order valence-electron chi connectivity index (χ0n) is 13.8. The van der Waals surface area contributed by atoms with Crippen molar-refractivity contribution in [2.24, 2.45) is 0 Å². The summed E-state index contributed by atoms with van der Waals surface area (Å²) in [6.07, 6.45) is 1.38. The highest BCUT2D eigenvalue weighted by atomic mass is 19.1. The molecule has 1 saturated heterocycles. The highest BCUT2D eigenvalue weighted by molar-refractivity contribution is 6.05. The number of aliphatic hydroxyl groups is 1. The largest absolute Gasteiger partial charge is 0.393 e. The van der Waals surface area contributed by atoms with Crippen molar-refractivity contribution in [3.05, 3.63) is 65.7 Å². The highest BCUT2D eigenvalue weighted by Gasteiger charge is 2.49. The first kappa shape index (κ1) is 16.7. The summed E-state index contributed by atoms with van der Waals surface area (Å²) in [6, 6.07) is 11.3. The van der Waals surface area contributed by atoms with Crippen molar-refractivity contribution >= 4 is 16.9 Å². The fourth-order valence-electron chi connectivity index (χ4n) is 3.63. The number of H-pyrrole nitrogens is 1. The number of halogens is 2. The van der Waals surface area contributed by atoms with Gasteiger partial charge in [-0.15, -0.1) is 0 Å². The number of alkyl halides is 1. The monoisotopic (exact) mass is 357 g/mol. The van der Waals surface area contributed by atoms with E-state index in [1.165, 1.54) is 17.3 Å². The van der Waals surface area contributed by atoms with E-state index in [2.05, 4.69) is 9.97 Å². The van der Waals surface area contributed by atoms with Gasteiger partial charge < -0.3 is 15.0 Å². The maximum absolute atomic E-state index is 15.3. The molecule has 1 amide bonds. The number of benzene rings is 2. The third-order valence-electron chi connectivity index (χ3n) is 4.95. The summed E-state index contributed by atoms with van der Waals surface area (Å²) in [5, 5.41) is 9.62. The van der Waals surface area contributed by atoms with E-state index >= 15 is 4.39 Å². The van der Waals surface area contributed by atoms with Gasteiger partial charge in [0.05, 0.1) is 30.6 Å². The molecule has 26 heavy (non-hydrogen) atoms. The first-order valence-electron chi connectivity index (χ1n) is 8.28. The molecule has 0 saturated carbocycles. The number of nitrogens with one attached hydrogen (secondary N) is 1. The van der Waals surface area contributed by atoms with Gasteiger partial charge in [0.15, 0.2) is 5.67 Å². The lowest BCUT2D eigenvalue weighted by Crippen LogP contribution is -2.37. The number of aromatic amines is 1. The average Bonchev–Trinajstić information content (AvgIpc) is 3.26.